The first-order valence-electron chi connectivity index (χ1n) is 6.40. The van der Waals surface area contributed by atoms with Crippen LogP contribution in [-0.4, -0.2) is 35.1 Å². The van der Waals surface area contributed by atoms with Gasteiger partial charge in [0.05, 0.1) is 0 Å². The third-order valence-electron chi connectivity index (χ3n) is 3.27. The molecule has 0 amide bonds. The van der Waals surface area contributed by atoms with Crippen molar-refractivity contribution in [3.05, 3.63) is 5.28 Å². The Labute approximate surface area is 113 Å². The van der Waals surface area contributed by atoms with E-state index in [-0.39, 0.29) is 5.28 Å². The molecule has 1 aromatic rings. The number of nitrogens with zero attached hydrogens (tertiary/aromatic N) is 4. The summed E-state index contributed by atoms with van der Waals surface area (Å²) in [4.78, 5) is 14.4. The van der Waals surface area contributed by atoms with Crippen LogP contribution in [0.2, 0.25) is 5.28 Å². The summed E-state index contributed by atoms with van der Waals surface area (Å²) in [6.07, 6.45) is 4.92. The molecule has 18 heavy (non-hydrogen) atoms. The first-order valence-corrected chi connectivity index (χ1v) is 6.78. The molecule has 6 heteroatoms. The fraction of sp³-hybridized carbons (Fsp3) is 0.750. The van der Waals surface area contributed by atoms with Gasteiger partial charge < -0.3 is 10.2 Å². The normalized spacial score (nSPS) is 23.8. The number of nitrogens with one attached hydrogen (secondary N) is 1. The molecule has 0 radical (unpaired) electrons. The zero-order valence-electron chi connectivity index (χ0n) is 11.1. The van der Waals surface area contributed by atoms with Crippen LogP contribution < -0.4 is 10.2 Å². The molecule has 1 heterocycles. The predicted molar refractivity (Wildman–Crippen MR) is 74.2 cm³/mol. The van der Waals surface area contributed by atoms with E-state index in [1.54, 1.807) is 0 Å². The number of anilines is 2. The fourth-order valence-corrected chi connectivity index (χ4v) is 2.51. The highest BCUT2D eigenvalue weighted by Crippen LogP contribution is 2.25. The molecule has 0 aromatic carbocycles. The van der Waals surface area contributed by atoms with E-state index in [0.29, 0.717) is 17.9 Å². The van der Waals surface area contributed by atoms with Crippen molar-refractivity contribution >= 4 is 23.5 Å². The Morgan fingerprint density at radius 1 is 1.22 bits per heavy atom. The van der Waals surface area contributed by atoms with Crippen molar-refractivity contribution in [2.24, 2.45) is 5.92 Å². The number of rotatable bonds is 3. The van der Waals surface area contributed by atoms with E-state index >= 15 is 0 Å². The lowest BCUT2D eigenvalue weighted by atomic mass is 9.87. The number of aromatic nitrogens is 3. The van der Waals surface area contributed by atoms with Crippen LogP contribution in [0.15, 0.2) is 0 Å². The molecule has 0 bridgehead atoms. The van der Waals surface area contributed by atoms with Crippen molar-refractivity contribution < 1.29 is 0 Å². The Bertz CT molecular complexity index is 409. The van der Waals surface area contributed by atoms with E-state index in [1.807, 2.05) is 19.0 Å². The molecule has 0 saturated heterocycles. The average Bonchev–Trinajstić information content (AvgIpc) is 2.28. The van der Waals surface area contributed by atoms with E-state index in [0.717, 1.165) is 5.92 Å². The first-order chi connectivity index (χ1) is 8.54. The monoisotopic (exact) mass is 269 g/mol. The van der Waals surface area contributed by atoms with E-state index in [4.69, 9.17) is 11.6 Å². The molecule has 1 saturated carbocycles. The quantitative estimate of drug-likeness (QED) is 0.914. The largest absolute Gasteiger partial charge is 0.351 e. The van der Waals surface area contributed by atoms with Gasteiger partial charge in [-0.1, -0.05) is 19.8 Å². The van der Waals surface area contributed by atoms with Crippen molar-refractivity contribution in [1.82, 2.24) is 15.0 Å². The molecular formula is C12H20ClN5. The molecule has 0 aliphatic heterocycles. The molecular weight excluding hydrogens is 250 g/mol. The summed E-state index contributed by atoms with van der Waals surface area (Å²) in [7, 11) is 3.77. The lowest BCUT2D eigenvalue weighted by Crippen LogP contribution is -2.27. The van der Waals surface area contributed by atoms with Gasteiger partial charge in [-0.3, -0.25) is 0 Å². The minimum atomic E-state index is 0.236. The van der Waals surface area contributed by atoms with Crippen LogP contribution >= 0.6 is 11.6 Å². The molecule has 1 aliphatic rings. The summed E-state index contributed by atoms with van der Waals surface area (Å²) in [5.41, 5.74) is 0. The molecule has 1 aromatic heterocycles. The second-order valence-electron chi connectivity index (χ2n) is 5.24. The van der Waals surface area contributed by atoms with Crippen LogP contribution in [0.5, 0.6) is 0 Å². The molecule has 2 atom stereocenters. The maximum Gasteiger partial charge on any atom is 0.230 e. The highest BCUT2D eigenvalue weighted by atomic mass is 35.5. The Morgan fingerprint density at radius 3 is 2.67 bits per heavy atom. The summed E-state index contributed by atoms with van der Waals surface area (Å²) in [6, 6.07) is 0.447. The lowest BCUT2D eigenvalue weighted by molar-refractivity contribution is 0.357. The Balaban J connectivity index is 2.08. The first kappa shape index (κ1) is 13.3. The number of hydrogen-bond acceptors (Lipinski definition) is 5. The Kier molecular flexibility index (Phi) is 4.22. The highest BCUT2D eigenvalue weighted by Gasteiger charge is 2.20. The fourth-order valence-electron chi connectivity index (χ4n) is 2.35. The maximum atomic E-state index is 5.91. The number of hydrogen-bond donors (Lipinski definition) is 1. The predicted octanol–water partition coefficient (Wildman–Crippen LogP) is 2.58. The smallest absolute Gasteiger partial charge is 0.230 e. The topological polar surface area (TPSA) is 53.9 Å². The van der Waals surface area contributed by atoms with Crippen LogP contribution in [-0.2, 0) is 0 Å². The third-order valence-corrected chi connectivity index (χ3v) is 3.43. The highest BCUT2D eigenvalue weighted by molar-refractivity contribution is 6.28. The second kappa shape index (κ2) is 5.69. The minimum Gasteiger partial charge on any atom is -0.351 e. The van der Waals surface area contributed by atoms with Crippen LogP contribution in [0.1, 0.15) is 32.6 Å². The standard InChI is InChI=1S/C12H20ClN5/c1-8-5-4-6-9(7-8)14-11-15-10(13)16-12(17-11)18(2)3/h8-9H,4-7H2,1-3H3,(H,14,15,16,17). The van der Waals surface area contributed by atoms with Gasteiger partial charge in [0.15, 0.2) is 0 Å². The van der Waals surface area contributed by atoms with Crippen LogP contribution in [0.4, 0.5) is 11.9 Å². The molecule has 100 valence electrons. The molecule has 1 fully saturated rings. The van der Waals surface area contributed by atoms with E-state index in [1.165, 1.54) is 25.7 Å². The van der Waals surface area contributed by atoms with Gasteiger partial charge in [-0.2, -0.15) is 15.0 Å². The summed E-state index contributed by atoms with van der Waals surface area (Å²) < 4.78 is 0. The van der Waals surface area contributed by atoms with Crippen LogP contribution in [0, 0.1) is 5.92 Å². The van der Waals surface area contributed by atoms with Crippen molar-refractivity contribution in [2.45, 2.75) is 38.6 Å². The van der Waals surface area contributed by atoms with Gasteiger partial charge >= 0.3 is 0 Å². The summed E-state index contributed by atoms with van der Waals surface area (Å²) in [6.45, 7) is 2.29. The molecule has 2 unspecified atom stereocenters. The molecule has 1 N–H and O–H groups in total. The van der Waals surface area contributed by atoms with Crippen molar-refractivity contribution in [3.8, 4) is 0 Å². The number of halogens is 1. The van der Waals surface area contributed by atoms with Gasteiger partial charge in [0, 0.05) is 20.1 Å². The van der Waals surface area contributed by atoms with E-state index in [2.05, 4.69) is 27.2 Å². The molecule has 0 spiro atoms. The summed E-state index contributed by atoms with van der Waals surface area (Å²) in [5.74, 6) is 1.93. The van der Waals surface area contributed by atoms with Crippen molar-refractivity contribution in [2.75, 3.05) is 24.3 Å². The third kappa shape index (κ3) is 3.45. The Hall–Kier alpha value is -1.10. The van der Waals surface area contributed by atoms with Crippen molar-refractivity contribution in [1.29, 1.82) is 0 Å². The van der Waals surface area contributed by atoms with Crippen LogP contribution in [0.3, 0.4) is 0 Å². The average molecular weight is 270 g/mol. The van der Waals surface area contributed by atoms with Gasteiger partial charge in [0.2, 0.25) is 17.2 Å². The van der Waals surface area contributed by atoms with E-state index < -0.39 is 0 Å². The molecule has 5 nitrogen and oxygen atoms in total. The van der Waals surface area contributed by atoms with Gasteiger partial charge in [-0.05, 0) is 30.4 Å². The van der Waals surface area contributed by atoms with Gasteiger partial charge in [0.25, 0.3) is 0 Å². The van der Waals surface area contributed by atoms with Gasteiger partial charge in [-0.15, -0.1) is 0 Å². The SMILES string of the molecule is CC1CCCC(Nc2nc(Cl)nc(N(C)C)n2)C1. The van der Waals surface area contributed by atoms with E-state index in [9.17, 15) is 0 Å². The Morgan fingerprint density at radius 2 is 2.00 bits per heavy atom. The van der Waals surface area contributed by atoms with Gasteiger partial charge in [0.1, 0.15) is 0 Å². The zero-order chi connectivity index (χ0) is 13.1. The van der Waals surface area contributed by atoms with Crippen LogP contribution in [0.25, 0.3) is 0 Å². The summed E-state index contributed by atoms with van der Waals surface area (Å²) >= 11 is 5.91. The van der Waals surface area contributed by atoms with Gasteiger partial charge in [-0.25, -0.2) is 0 Å². The second-order valence-corrected chi connectivity index (χ2v) is 5.57. The van der Waals surface area contributed by atoms with Crippen molar-refractivity contribution in [3.63, 3.8) is 0 Å². The zero-order valence-corrected chi connectivity index (χ0v) is 11.9. The maximum absolute atomic E-state index is 5.91. The molecule has 2 rings (SSSR count). The molecule has 1 aliphatic carbocycles. The lowest BCUT2D eigenvalue weighted by Gasteiger charge is -2.27. The minimum absolute atomic E-state index is 0.236. The summed E-state index contributed by atoms with van der Waals surface area (Å²) in [5, 5.41) is 3.61.